The van der Waals surface area contributed by atoms with E-state index < -0.39 is 11.7 Å². The number of hydrogen-bond acceptors (Lipinski definition) is 4. The third-order valence-electron chi connectivity index (χ3n) is 1.35. The van der Waals surface area contributed by atoms with Gasteiger partial charge in [0.1, 0.15) is 6.61 Å². The highest BCUT2D eigenvalue weighted by Crippen LogP contribution is 2.12. The van der Waals surface area contributed by atoms with Crippen LogP contribution in [0, 0.1) is 0 Å². The second-order valence-corrected chi connectivity index (χ2v) is 3.32. The molecule has 1 N–H and O–H groups in total. The maximum atomic E-state index is 11.2. The zero-order valence-corrected chi connectivity index (χ0v) is 7.58. The number of benzene rings is 1. The first kappa shape index (κ1) is 9.95. The molecule has 0 saturated heterocycles. The van der Waals surface area contributed by atoms with Crippen LogP contribution < -0.4 is 0 Å². The highest BCUT2D eigenvalue weighted by atomic mass is 32.2. The van der Waals surface area contributed by atoms with Crippen LogP contribution in [0.25, 0.3) is 0 Å². The van der Waals surface area contributed by atoms with Crippen molar-refractivity contribution in [3.8, 4) is 0 Å². The first-order valence-corrected chi connectivity index (χ1v) is 4.46. The van der Waals surface area contributed by atoms with E-state index in [0.717, 1.165) is 0 Å². The lowest BCUT2D eigenvalue weighted by atomic mass is 10.2. The van der Waals surface area contributed by atoms with Gasteiger partial charge in [-0.1, -0.05) is 30.3 Å². The van der Waals surface area contributed by atoms with Gasteiger partial charge >= 0.3 is 0 Å². The largest absolute Gasteiger partial charge is 0.388 e. The highest BCUT2D eigenvalue weighted by Gasteiger charge is 2.10. The van der Waals surface area contributed by atoms with Crippen LogP contribution >= 0.6 is 11.8 Å². The molecule has 0 aliphatic carbocycles. The summed E-state index contributed by atoms with van der Waals surface area (Å²) in [5, 5.41) is 7.54. The van der Waals surface area contributed by atoms with Crippen LogP contribution in [-0.2, 0) is 4.79 Å². The molecule has 13 heavy (non-hydrogen) atoms. The summed E-state index contributed by atoms with van der Waals surface area (Å²) in [5.41, 5.74) is 0.467. The minimum atomic E-state index is -0.608. The van der Waals surface area contributed by atoms with E-state index in [2.05, 4.69) is 0 Å². The Labute approximate surface area is 79.8 Å². The summed E-state index contributed by atoms with van der Waals surface area (Å²) in [6, 6.07) is 8.48. The summed E-state index contributed by atoms with van der Waals surface area (Å²) in [6.45, 7) is -0.608. The van der Waals surface area contributed by atoms with E-state index >= 15 is 0 Å². The molecule has 0 atom stereocenters. The maximum Gasteiger partial charge on any atom is 0.226 e. The van der Waals surface area contributed by atoms with E-state index in [0.29, 0.717) is 17.3 Å². The third kappa shape index (κ3) is 3.01. The topological polar surface area (TPSA) is 54.4 Å². The number of carbonyl (C=O) groups is 2. The van der Waals surface area contributed by atoms with Crippen molar-refractivity contribution in [3.05, 3.63) is 35.9 Å². The van der Waals surface area contributed by atoms with Gasteiger partial charge in [0.25, 0.3) is 0 Å². The first-order valence-electron chi connectivity index (χ1n) is 3.65. The first-order chi connectivity index (χ1) is 6.24. The van der Waals surface area contributed by atoms with Gasteiger partial charge in [-0.3, -0.25) is 9.59 Å². The molecule has 0 aromatic heterocycles. The molecule has 1 aromatic rings. The quantitative estimate of drug-likeness (QED) is 0.769. The number of thioether (sulfide) groups is 1. The van der Waals surface area contributed by atoms with Crippen molar-refractivity contribution >= 4 is 22.0 Å². The summed E-state index contributed by atoms with van der Waals surface area (Å²) < 4.78 is 0. The Morgan fingerprint density at radius 2 is 1.85 bits per heavy atom. The molecular formula is C9H8O3S. The predicted octanol–water partition coefficient (Wildman–Crippen LogP) is 1.08. The van der Waals surface area contributed by atoms with Gasteiger partial charge in [0.05, 0.1) is 0 Å². The number of rotatable bonds is 2. The summed E-state index contributed by atoms with van der Waals surface area (Å²) >= 11 is 0.525. The molecule has 0 spiro atoms. The Balaban J connectivity index is 2.65. The van der Waals surface area contributed by atoms with E-state index in [1.165, 1.54) is 0 Å². The van der Waals surface area contributed by atoms with Gasteiger partial charge in [0.15, 0.2) is 0 Å². The van der Waals surface area contributed by atoms with Crippen molar-refractivity contribution in [2.24, 2.45) is 0 Å². The van der Waals surface area contributed by atoms with Gasteiger partial charge in [0, 0.05) is 5.56 Å². The summed E-state index contributed by atoms with van der Waals surface area (Å²) in [7, 11) is 0. The normalized spacial score (nSPS) is 9.62. The minimum absolute atomic E-state index is 0.334. The maximum absolute atomic E-state index is 11.2. The van der Waals surface area contributed by atoms with Crippen LogP contribution in [0.1, 0.15) is 10.4 Å². The number of aliphatic hydroxyl groups excluding tert-OH is 1. The average molecular weight is 196 g/mol. The van der Waals surface area contributed by atoms with Gasteiger partial charge < -0.3 is 5.11 Å². The zero-order valence-electron chi connectivity index (χ0n) is 6.77. The molecule has 0 fully saturated rings. The summed E-state index contributed by atoms with van der Waals surface area (Å²) in [6.07, 6.45) is 0. The Hall–Kier alpha value is -1.13. The van der Waals surface area contributed by atoms with Crippen molar-refractivity contribution < 1.29 is 14.7 Å². The van der Waals surface area contributed by atoms with Gasteiger partial charge in [-0.05, 0) is 11.8 Å². The molecule has 0 saturated carbocycles. The molecule has 3 nitrogen and oxygen atoms in total. The number of carbonyl (C=O) groups excluding carboxylic acids is 2. The van der Waals surface area contributed by atoms with E-state index in [9.17, 15) is 9.59 Å². The van der Waals surface area contributed by atoms with Crippen molar-refractivity contribution in [2.45, 2.75) is 0 Å². The second-order valence-electron chi connectivity index (χ2n) is 2.29. The van der Waals surface area contributed by atoms with Crippen LogP contribution in [0.2, 0.25) is 0 Å². The lowest BCUT2D eigenvalue weighted by Crippen LogP contribution is -2.03. The molecule has 0 aliphatic rings. The molecule has 4 heteroatoms. The van der Waals surface area contributed by atoms with Crippen LogP contribution in [0.5, 0.6) is 0 Å². The van der Waals surface area contributed by atoms with E-state index in [1.54, 1.807) is 30.3 Å². The zero-order chi connectivity index (χ0) is 9.68. The van der Waals surface area contributed by atoms with Crippen LogP contribution in [0.15, 0.2) is 30.3 Å². The molecular weight excluding hydrogens is 188 g/mol. The van der Waals surface area contributed by atoms with Gasteiger partial charge in [-0.25, -0.2) is 0 Å². The van der Waals surface area contributed by atoms with Crippen LogP contribution in [0.3, 0.4) is 0 Å². The fourth-order valence-corrected chi connectivity index (χ4v) is 1.29. The van der Waals surface area contributed by atoms with Gasteiger partial charge in [0.2, 0.25) is 10.2 Å². The summed E-state index contributed by atoms with van der Waals surface area (Å²) in [5.74, 6) is 0. The molecule has 0 amide bonds. The fourth-order valence-electron chi connectivity index (χ4n) is 0.769. The van der Waals surface area contributed by atoms with Crippen LogP contribution in [-0.4, -0.2) is 21.9 Å². The molecule has 0 radical (unpaired) electrons. The van der Waals surface area contributed by atoms with Crippen LogP contribution in [0.4, 0.5) is 0 Å². The Morgan fingerprint density at radius 3 is 2.38 bits per heavy atom. The number of hydrogen-bond donors (Lipinski definition) is 1. The third-order valence-corrected chi connectivity index (χ3v) is 2.12. The molecule has 0 heterocycles. The van der Waals surface area contributed by atoms with Gasteiger partial charge in [-0.15, -0.1) is 0 Å². The minimum Gasteiger partial charge on any atom is -0.388 e. The Morgan fingerprint density at radius 1 is 1.23 bits per heavy atom. The van der Waals surface area contributed by atoms with Gasteiger partial charge in [-0.2, -0.15) is 0 Å². The predicted molar refractivity (Wildman–Crippen MR) is 50.5 cm³/mol. The van der Waals surface area contributed by atoms with Crippen molar-refractivity contribution in [3.63, 3.8) is 0 Å². The lowest BCUT2D eigenvalue weighted by Gasteiger charge is -1.96. The number of aliphatic hydroxyl groups is 1. The smallest absolute Gasteiger partial charge is 0.226 e. The molecule has 1 aromatic carbocycles. The van der Waals surface area contributed by atoms with Crippen molar-refractivity contribution in [1.82, 2.24) is 0 Å². The Bertz CT molecular complexity index is 308. The fraction of sp³-hybridized carbons (Fsp3) is 0.111. The molecule has 0 aliphatic heterocycles. The molecule has 0 bridgehead atoms. The van der Waals surface area contributed by atoms with E-state index in [1.807, 2.05) is 0 Å². The van der Waals surface area contributed by atoms with E-state index in [-0.39, 0.29) is 5.12 Å². The monoisotopic (exact) mass is 196 g/mol. The molecule has 1 rings (SSSR count). The average Bonchev–Trinajstić information content (AvgIpc) is 2.19. The standard InChI is InChI=1S/C9H8O3S/c10-6-8(11)13-9(12)7-4-2-1-3-5-7/h1-5,10H,6H2. The van der Waals surface area contributed by atoms with Crippen molar-refractivity contribution in [1.29, 1.82) is 0 Å². The highest BCUT2D eigenvalue weighted by molar-refractivity contribution is 8.26. The molecule has 68 valence electrons. The Kier molecular flexibility index (Phi) is 3.67. The van der Waals surface area contributed by atoms with E-state index in [4.69, 9.17) is 5.11 Å². The SMILES string of the molecule is O=C(CO)SC(=O)c1ccccc1. The lowest BCUT2D eigenvalue weighted by molar-refractivity contribution is -0.113. The van der Waals surface area contributed by atoms with Crippen molar-refractivity contribution in [2.75, 3.05) is 6.61 Å². The second kappa shape index (κ2) is 4.79. The molecule has 0 unspecified atom stereocenters. The summed E-state index contributed by atoms with van der Waals surface area (Å²) in [4.78, 5) is 21.9.